The van der Waals surface area contributed by atoms with Crippen LogP contribution in [0.15, 0.2) is 34.2 Å². The van der Waals surface area contributed by atoms with Gasteiger partial charge >= 0.3 is 5.97 Å². The second kappa shape index (κ2) is 4.80. The van der Waals surface area contributed by atoms with Crippen molar-refractivity contribution in [3.05, 3.63) is 39.9 Å². The minimum atomic E-state index is -1.48. The number of hydrogen-bond donors (Lipinski definition) is 0. The van der Waals surface area contributed by atoms with Crippen LogP contribution in [0.4, 0.5) is 0 Å². The van der Waals surface area contributed by atoms with Crippen LogP contribution in [0, 0.1) is 10.1 Å². The molecule has 0 radical (unpaired) electrons. The van der Waals surface area contributed by atoms with Crippen LogP contribution in [-0.2, 0) is 15.1 Å². The molecule has 0 spiro atoms. The summed E-state index contributed by atoms with van der Waals surface area (Å²) in [4.78, 5) is 29.3. The largest absolute Gasteiger partial charge is 0.458 e. The summed E-state index contributed by atoms with van der Waals surface area (Å²) >= 11 is 1.33. The van der Waals surface area contributed by atoms with Crippen LogP contribution in [0.25, 0.3) is 0 Å². The topological polar surface area (TPSA) is 81.8 Å². The summed E-state index contributed by atoms with van der Waals surface area (Å²) in [6.07, 6.45) is 1.32. The molecule has 2 heterocycles. The molecule has 0 N–H and O–H groups in total. The Morgan fingerprint density at radius 3 is 2.65 bits per heavy atom. The van der Waals surface area contributed by atoms with Gasteiger partial charge in [-0.25, -0.2) is 4.79 Å². The van der Waals surface area contributed by atoms with E-state index in [9.17, 15) is 14.9 Å². The molecule has 0 aliphatic carbocycles. The minimum absolute atomic E-state index is 0.338. The molecule has 0 saturated carbocycles. The van der Waals surface area contributed by atoms with Gasteiger partial charge in [-0.1, -0.05) is 18.2 Å². The Bertz CT molecular complexity index is 727. The van der Waals surface area contributed by atoms with Gasteiger partial charge in [-0.05, 0) is 33.8 Å². The SMILES string of the molecule is CC(C)(C)OC(=O)[C@]1(C)N=C[C@@]2([N+](=O)[O-])c3ccccc3S[C@@H]12. The zero-order valence-electron chi connectivity index (χ0n) is 13.4. The van der Waals surface area contributed by atoms with Gasteiger partial charge in [0.05, 0.1) is 6.21 Å². The molecule has 1 aromatic rings. The van der Waals surface area contributed by atoms with Gasteiger partial charge in [-0.3, -0.25) is 15.1 Å². The van der Waals surface area contributed by atoms with E-state index in [4.69, 9.17) is 4.74 Å². The lowest BCUT2D eigenvalue weighted by Crippen LogP contribution is -2.53. The van der Waals surface area contributed by atoms with E-state index in [0.29, 0.717) is 5.56 Å². The van der Waals surface area contributed by atoms with Crippen LogP contribution in [0.3, 0.4) is 0 Å². The Morgan fingerprint density at radius 1 is 1.39 bits per heavy atom. The van der Waals surface area contributed by atoms with Gasteiger partial charge in [0.1, 0.15) is 10.9 Å². The maximum Gasteiger partial charge on any atom is 0.335 e. The van der Waals surface area contributed by atoms with Crippen LogP contribution < -0.4 is 0 Å². The number of nitro groups is 1. The predicted molar refractivity (Wildman–Crippen MR) is 87.5 cm³/mol. The molecule has 3 rings (SSSR count). The molecule has 3 atom stereocenters. The van der Waals surface area contributed by atoms with Gasteiger partial charge in [0.2, 0.25) is 0 Å². The van der Waals surface area contributed by atoms with Gasteiger partial charge in [0.25, 0.3) is 5.54 Å². The number of rotatable bonds is 2. The van der Waals surface area contributed by atoms with Crippen molar-refractivity contribution in [1.82, 2.24) is 0 Å². The lowest BCUT2D eigenvalue weighted by atomic mass is 9.82. The summed E-state index contributed by atoms with van der Waals surface area (Å²) < 4.78 is 5.47. The molecule has 1 aromatic carbocycles. The van der Waals surface area contributed by atoms with E-state index in [0.717, 1.165) is 4.90 Å². The average molecular weight is 334 g/mol. The van der Waals surface area contributed by atoms with Gasteiger partial charge in [0.15, 0.2) is 5.54 Å². The highest BCUT2D eigenvalue weighted by Crippen LogP contribution is 2.56. The third kappa shape index (κ3) is 2.17. The summed E-state index contributed by atoms with van der Waals surface area (Å²) in [6, 6.07) is 7.18. The van der Waals surface area contributed by atoms with Crippen LogP contribution >= 0.6 is 11.8 Å². The summed E-state index contributed by atoms with van der Waals surface area (Å²) in [6.45, 7) is 6.92. The number of aliphatic imine (C=N–C) groups is 1. The number of nitrogens with zero attached hydrogens (tertiary/aromatic N) is 2. The van der Waals surface area contributed by atoms with E-state index in [1.54, 1.807) is 39.8 Å². The Balaban J connectivity index is 2.07. The summed E-state index contributed by atoms with van der Waals surface area (Å²) in [7, 11) is 0. The van der Waals surface area contributed by atoms with Crippen molar-refractivity contribution in [2.75, 3.05) is 0 Å². The lowest BCUT2D eigenvalue weighted by molar-refractivity contribution is -0.552. The molecule has 7 heteroatoms. The number of thioether (sulfide) groups is 1. The number of carbonyl (C=O) groups is 1. The average Bonchev–Trinajstić information content (AvgIpc) is 2.93. The molecular formula is C16H18N2O4S. The molecule has 2 aliphatic heterocycles. The third-order valence-electron chi connectivity index (χ3n) is 4.12. The number of esters is 1. The molecule has 0 fully saturated rings. The number of fused-ring (bicyclic) bond motifs is 3. The molecule has 6 nitrogen and oxygen atoms in total. The van der Waals surface area contributed by atoms with Gasteiger partial charge in [0, 0.05) is 15.4 Å². The van der Waals surface area contributed by atoms with Gasteiger partial charge < -0.3 is 4.74 Å². The van der Waals surface area contributed by atoms with Crippen molar-refractivity contribution in [3.63, 3.8) is 0 Å². The predicted octanol–water partition coefficient (Wildman–Crippen LogP) is 2.82. The van der Waals surface area contributed by atoms with Crippen molar-refractivity contribution < 1.29 is 14.5 Å². The Hall–Kier alpha value is -1.89. The molecule has 0 saturated heterocycles. The van der Waals surface area contributed by atoms with Crippen LogP contribution in [-0.4, -0.2) is 33.5 Å². The zero-order chi connectivity index (χ0) is 17.0. The molecular weight excluding hydrogens is 316 g/mol. The molecule has 0 bridgehead atoms. The molecule has 0 unspecified atom stereocenters. The summed E-state index contributed by atoms with van der Waals surface area (Å²) in [5, 5.41) is 11.3. The molecule has 0 amide bonds. The quantitative estimate of drug-likeness (QED) is 0.472. The van der Waals surface area contributed by atoms with Crippen LogP contribution in [0.5, 0.6) is 0 Å². The Kier molecular flexibility index (Phi) is 3.34. The first-order valence-electron chi connectivity index (χ1n) is 7.32. The highest BCUT2D eigenvalue weighted by Gasteiger charge is 2.70. The van der Waals surface area contributed by atoms with Gasteiger partial charge in [-0.2, -0.15) is 0 Å². The van der Waals surface area contributed by atoms with E-state index >= 15 is 0 Å². The Labute approximate surface area is 138 Å². The van der Waals surface area contributed by atoms with E-state index in [1.807, 2.05) is 12.1 Å². The van der Waals surface area contributed by atoms with E-state index < -0.39 is 27.9 Å². The molecule has 0 aromatic heterocycles. The number of benzene rings is 1. The second-order valence-electron chi connectivity index (χ2n) is 6.98. The molecule has 2 aliphatic rings. The van der Waals surface area contributed by atoms with Crippen LogP contribution in [0.1, 0.15) is 33.3 Å². The smallest absolute Gasteiger partial charge is 0.335 e. The number of carbonyl (C=O) groups excluding carboxylic acids is 1. The second-order valence-corrected chi connectivity index (χ2v) is 8.13. The van der Waals surface area contributed by atoms with Crippen molar-refractivity contribution in [2.45, 2.75) is 54.5 Å². The standard InChI is InChI=1S/C16H18N2O4S/c1-14(2,3)22-13(19)15(4)12-16(9-17-15,18(20)21)10-7-5-6-8-11(10)23-12/h5-9,12H,1-4H3/t12-,15+,16+/m0/s1. The maximum atomic E-state index is 12.7. The third-order valence-corrected chi connectivity index (χ3v) is 5.78. The fraction of sp³-hybridized carbons (Fsp3) is 0.500. The van der Waals surface area contributed by atoms with Crippen molar-refractivity contribution >= 4 is 23.9 Å². The maximum absolute atomic E-state index is 12.7. The summed E-state index contributed by atoms with van der Waals surface area (Å²) in [5.74, 6) is -0.532. The zero-order valence-corrected chi connectivity index (χ0v) is 14.2. The van der Waals surface area contributed by atoms with Crippen molar-refractivity contribution in [3.8, 4) is 0 Å². The lowest BCUT2D eigenvalue weighted by Gasteiger charge is -2.31. The normalized spacial score (nSPS) is 31.6. The minimum Gasteiger partial charge on any atom is -0.458 e. The van der Waals surface area contributed by atoms with E-state index in [1.165, 1.54) is 18.0 Å². The number of hydrogen-bond acceptors (Lipinski definition) is 6. The Morgan fingerprint density at radius 2 is 2.04 bits per heavy atom. The van der Waals surface area contributed by atoms with Crippen LogP contribution in [0.2, 0.25) is 0 Å². The highest BCUT2D eigenvalue weighted by atomic mass is 32.2. The highest BCUT2D eigenvalue weighted by molar-refractivity contribution is 8.00. The van der Waals surface area contributed by atoms with Crippen molar-refractivity contribution in [2.24, 2.45) is 4.99 Å². The fourth-order valence-electron chi connectivity index (χ4n) is 3.02. The van der Waals surface area contributed by atoms with Crippen molar-refractivity contribution in [1.29, 1.82) is 0 Å². The first-order chi connectivity index (χ1) is 10.6. The first kappa shape index (κ1) is 16.0. The van der Waals surface area contributed by atoms with E-state index in [-0.39, 0.29) is 4.92 Å². The summed E-state index contributed by atoms with van der Waals surface area (Å²) in [5.41, 5.74) is -2.85. The first-order valence-corrected chi connectivity index (χ1v) is 8.20. The fourth-order valence-corrected chi connectivity index (χ4v) is 4.63. The monoisotopic (exact) mass is 334 g/mol. The molecule has 23 heavy (non-hydrogen) atoms. The van der Waals surface area contributed by atoms with E-state index in [2.05, 4.69) is 4.99 Å². The number of ether oxygens (including phenoxy) is 1. The van der Waals surface area contributed by atoms with Gasteiger partial charge in [-0.15, -0.1) is 11.8 Å². The molecule has 122 valence electrons.